The number of hydrogen-bond donors (Lipinski definition) is 1. The lowest BCUT2D eigenvalue weighted by atomic mass is 10.1. The van der Waals surface area contributed by atoms with E-state index in [1.165, 1.54) is 5.56 Å². The van der Waals surface area contributed by atoms with Gasteiger partial charge in [0.25, 0.3) is 0 Å². The highest BCUT2D eigenvalue weighted by molar-refractivity contribution is 5.81. The first-order valence-electron chi connectivity index (χ1n) is 8.47. The molecule has 5 nitrogen and oxygen atoms in total. The van der Waals surface area contributed by atoms with E-state index in [2.05, 4.69) is 16.8 Å². The van der Waals surface area contributed by atoms with E-state index in [1.807, 2.05) is 43.0 Å². The Balaban J connectivity index is 1.81. The maximum atomic E-state index is 12.4. The summed E-state index contributed by atoms with van der Waals surface area (Å²) in [5, 5.41) is 2.82. The maximum absolute atomic E-state index is 12.4. The summed E-state index contributed by atoms with van der Waals surface area (Å²) in [7, 11) is 0. The molecule has 0 spiro atoms. The lowest BCUT2D eigenvalue weighted by Gasteiger charge is -2.37. The van der Waals surface area contributed by atoms with Gasteiger partial charge in [0.15, 0.2) is 0 Å². The molecule has 1 aromatic carbocycles. The van der Waals surface area contributed by atoms with Crippen LogP contribution >= 0.6 is 0 Å². The number of piperazine rings is 1. The standard InChI is InChI=1S/C19H27N3O2/c1-4-9-20-19(24)16(3)21-10-12-22(13-11-21)18(23)14-17-7-5-15(2)6-8-17/h4-8,16H,1,9-14H2,2-3H3,(H,20,24)/t16-/m1/s1. The van der Waals surface area contributed by atoms with E-state index in [0.29, 0.717) is 26.1 Å². The van der Waals surface area contributed by atoms with Crippen LogP contribution in [0, 0.1) is 6.92 Å². The molecule has 2 rings (SSSR count). The van der Waals surface area contributed by atoms with E-state index >= 15 is 0 Å². The van der Waals surface area contributed by atoms with Crippen LogP contribution in [0.3, 0.4) is 0 Å². The number of benzene rings is 1. The highest BCUT2D eigenvalue weighted by Gasteiger charge is 2.27. The van der Waals surface area contributed by atoms with E-state index in [4.69, 9.17) is 0 Å². The lowest BCUT2D eigenvalue weighted by molar-refractivity contribution is -0.133. The first-order valence-corrected chi connectivity index (χ1v) is 8.47. The van der Waals surface area contributed by atoms with E-state index in [9.17, 15) is 9.59 Å². The second-order valence-electron chi connectivity index (χ2n) is 6.29. The molecule has 24 heavy (non-hydrogen) atoms. The highest BCUT2D eigenvalue weighted by atomic mass is 16.2. The molecule has 2 amide bonds. The molecule has 0 radical (unpaired) electrons. The van der Waals surface area contributed by atoms with Gasteiger partial charge in [-0.25, -0.2) is 0 Å². The van der Waals surface area contributed by atoms with Gasteiger partial charge in [0, 0.05) is 32.7 Å². The Morgan fingerprint density at radius 3 is 2.42 bits per heavy atom. The smallest absolute Gasteiger partial charge is 0.237 e. The SMILES string of the molecule is C=CCNC(=O)[C@@H](C)N1CCN(C(=O)Cc2ccc(C)cc2)CC1. The van der Waals surface area contributed by atoms with Crippen LogP contribution in [-0.2, 0) is 16.0 Å². The molecule has 5 heteroatoms. The molecule has 1 aliphatic heterocycles. The van der Waals surface area contributed by atoms with E-state index in [-0.39, 0.29) is 17.9 Å². The van der Waals surface area contributed by atoms with Crippen molar-refractivity contribution in [2.24, 2.45) is 0 Å². The second-order valence-corrected chi connectivity index (χ2v) is 6.29. The molecule has 0 saturated carbocycles. The van der Waals surface area contributed by atoms with Crippen molar-refractivity contribution >= 4 is 11.8 Å². The molecule has 0 aliphatic carbocycles. The Bertz CT molecular complexity index is 575. The Hall–Kier alpha value is -2.14. The average molecular weight is 329 g/mol. The molecule has 1 atom stereocenters. The van der Waals surface area contributed by atoms with E-state index in [0.717, 1.165) is 18.7 Å². The Morgan fingerprint density at radius 1 is 1.21 bits per heavy atom. The van der Waals surface area contributed by atoms with Crippen LogP contribution in [0.4, 0.5) is 0 Å². The molecule has 1 heterocycles. The van der Waals surface area contributed by atoms with Gasteiger partial charge in [-0.05, 0) is 19.4 Å². The molecule has 1 N–H and O–H groups in total. The van der Waals surface area contributed by atoms with Gasteiger partial charge in [0.2, 0.25) is 11.8 Å². The van der Waals surface area contributed by atoms with Crippen molar-refractivity contribution in [3.63, 3.8) is 0 Å². The third-order valence-electron chi connectivity index (χ3n) is 4.49. The number of nitrogens with zero attached hydrogens (tertiary/aromatic N) is 2. The summed E-state index contributed by atoms with van der Waals surface area (Å²) in [5.74, 6) is 0.164. The van der Waals surface area contributed by atoms with Crippen molar-refractivity contribution in [1.29, 1.82) is 0 Å². The topological polar surface area (TPSA) is 52.7 Å². The van der Waals surface area contributed by atoms with Crippen molar-refractivity contribution in [1.82, 2.24) is 15.1 Å². The fourth-order valence-electron chi connectivity index (χ4n) is 2.84. The van der Waals surface area contributed by atoms with Gasteiger partial charge in [0.1, 0.15) is 0 Å². The third kappa shape index (κ3) is 4.93. The number of aryl methyl sites for hydroxylation is 1. The number of hydrogen-bond acceptors (Lipinski definition) is 3. The monoisotopic (exact) mass is 329 g/mol. The number of rotatable bonds is 6. The van der Waals surface area contributed by atoms with Gasteiger partial charge in [-0.3, -0.25) is 14.5 Å². The van der Waals surface area contributed by atoms with Crippen LogP contribution in [0.1, 0.15) is 18.1 Å². The van der Waals surface area contributed by atoms with Crippen molar-refractivity contribution < 1.29 is 9.59 Å². The van der Waals surface area contributed by atoms with Crippen molar-refractivity contribution in [3.8, 4) is 0 Å². The molecule has 1 fully saturated rings. The Morgan fingerprint density at radius 2 is 1.83 bits per heavy atom. The predicted molar refractivity (Wildman–Crippen MR) is 95.7 cm³/mol. The number of carbonyl (C=O) groups is 2. The summed E-state index contributed by atoms with van der Waals surface area (Å²) >= 11 is 0. The zero-order valence-corrected chi connectivity index (χ0v) is 14.6. The zero-order valence-electron chi connectivity index (χ0n) is 14.6. The molecule has 1 aliphatic rings. The van der Waals surface area contributed by atoms with E-state index in [1.54, 1.807) is 6.08 Å². The van der Waals surface area contributed by atoms with Gasteiger partial charge in [-0.2, -0.15) is 0 Å². The summed E-state index contributed by atoms with van der Waals surface area (Å²) < 4.78 is 0. The lowest BCUT2D eigenvalue weighted by Crippen LogP contribution is -2.55. The fraction of sp³-hybridized carbons (Fsp3) is 0.474. The van der Waals surface area contributed by atoms with E-state index < -0.39 is 0 Å². The summed E-state index contributed by atoms with van der Waals surface area (Å²) in [6.07, 6.45) is 2.11. The van der Waals surface area contributed by atoms with Gasteiger partial charge >= 0.3 is 0 Å². The van der Waals surface area contributed by atoms with Crippen LogP contribution in [0.2, 0.25) is 0 Å². The number of amides is 2. The van der Waals surface area contributed by atoms with Crippen molar-refractivity contribution in [2.75, 3.05) is 32.7 Å². The molecule has 0 unspecified atom stereocenters. The summed E-state index contributed by atoms with van der Waals surface area (Å²) in [6, 6.07) is 7.90. The second kappa shape index (κ2) is 8.64. The number of carbonyl (C=O) groups excluding carboxylic acids is 2. The zero-order chi connectivity index (χ0) is 17.5. The fourth-order valence-corrected chi connectivity index (χ4v) is 2.84. The van der Waals surface area contributed by atoms with Gasteiger partial charge in [-0.1, -0.05) is 35.9 Å². The third-order valence-corrected chi connectivity index (χ3v) is 4.49. The molecular weight excluding hydrogens is 302 g/mol. The quantitative estimate of drug-likeness (QED) is 0.802. The first kappa shape index (κ1) is 18.2. The molecular formula is C19H27N3O2. The van der Waals surface area contributed by atoms with Gasteiger partial charge < -0.3 is 10.2 Å². The molecule has 0 bridgehead atoms. The van der Waals surface area contributed by atoms with Crippen LogP contribution in [-0.4, -0.2) is 60.4 Å². The van der Waals surface area contributed by atoms with Crippen LogP contribution in [0.15, 0.2) is 36.9 Å². The summed E-state index contributed by atoms with van der Waals surface area (Å²) in [5.41, 5.74) is 2.24. The molecule has 1 aromatic rings. The predicted octanol–water partition coefficient (Wildman–Crippen LogP) is 1.37. The summed E-state index contributed by atoms with van der Waals surface area (Å²) in [6.45, 7) is 10.8. The minimum absolute atomic E-state index is 0.00864. The van der Waals surface area contributed by atoms with Crippen molar-refractivity contribution in [3.05, 3.63) is 48.0 Å². The Labute approximate surface area is 144 Å². The summed E-state index contributed by atoms with van der Waals surface area (Å²) in [4.78, 5) is 28.4. The largest absolute Gasteiger partial charge is 0.351 e. The molecule has 130 valence electrons. The number of nitrogens with one attached hydrogen (secondary N) is 1. The molecule has 1 saturated heterocycles. The minimum atomic E-state index is -0.181. The Kier molecular flexibility index (Phi) is 6.55. The highest BCUT2D eigenvalue weighted by Crippen LogP contribution is 2.10. The normalized spacial score (nSPS) is 16.5. The maximum Gasteiger partial charge on any atom is 0.237 e. The molecule has 0 aromatic heterocycles. The van der Waals surface area contributed by atoms with Gasteiger partial charge in [0.05, 0.1) is 12.5 Å². The van der Waals surface area contributed by atoms with Gasteiger partial charge in [-0.15, -0.1) is 6.58 Å². The van der Waals surface area contributed by atoms with Crippen LogP contribution in [0.5, 0.6) is 0 Å². The van der Waals surface area contributed by atoms with Crippen molar-refractivity contribution in [2.45, 2.75) is 26.3 Å². The van der Waals surface area contributed by atoms with Crippen LogP contribution < -0.4 is 5.32 Å². The first-order chi connectivity index (χ1) is 11.5. The average Bonchev–Trinajstić information content (AvgIpc) is 2.61. The van der Waals surface area contributed by atoms with Crippen LogP contribution in [0.25, 0.3) is 0 Å². The minimum Gasteiger partial charge on any atom is -0.351 e.